The second-order valence-electron chi connectivity index (χ2n) is 3.48. The predicted octanol–water partition coefficient (Wildman–Crippen LogP) is 3.00. The molecule has 102 valence electrons. The maximum absolute atomic E-state index is 11.0. The third-order valence-electron chi connectivity index (χ3n) is 2.17. The SMILES string of the molecule is O=C(O)c1ccc([N+](=O)[O-])c(Sc2ncccc2Br)n1. The van der Waals surface area contributed by atoms with E-state index in [1.165, 1.54) is 6.20 Å². The number of halogens is 1. The van der Waals surface area contributed by atoms with Crippen molar-refractivity contribution in [3.05, 3.63) is 50.7 Å². The number of carbonyl (C=O) groups is 1. The molecule has 0 amide bonds. The molecule has 2 aromatic rings. The van der Waals surface area contributed by atoms with Crippen molar-refractivity contribution in [1.82, 2.24) is 9.97 Å². The Hall–Kier alpha value is -2.00. The van der Waals surface area contributed by atoms with E-state index in [0.717, 1.165) is 23.9 Å². The molecule has 0 fully saturated rings. The first-order valence-electron chi connectivity index (χ1n) is 5.16. The van der Waals surface area contributed by atoms with E-state index in [4.69, 9.17) is 5.11 Å². The quantitative estimate of drug-likeness (QED) is 0.663. The highest BCUT2D eigenvalue weighted by atomic mass is 79.9. The van der Waals surface area contributed by atoms with E-state index < -0.39 is 10.9 Å². The summed E-state index contributed by atoms with van der Waals surface area (Å²) < 4.78 is 0.641. The first-order valence-corrected chi connectivity index (χ1v) is 6.77. The molecular weight excluding hydrogens is 350 g/mol. The first kappa shape index (κ1) is 14.4. The fourth-order valence-electron chi connectivity index (χ4n) is 1.30. The van der Waals surface area contributed by atoms with Gasteiger partial charge in [-0.1, -0.05) is 0 Å². The van der Waals surface area contributed by atoms with Gasteiger partial charge in [0.25, 0.3) is 0 Å². The molecule has 9 heteroatoms. The van der Waals surface area contributed by atoms with Crippen LogP contribution in [0.5, 0.6) is 0 Å². The van der Waals surface area contributed by atoms with Gasteiger partial charge >= 0.3 is 11.7 Å². The Kier molecular flexibility index (Phi) is 4.30. The van der Waals surface area contributed by atoms with Gasteiger partial charge < -0.3 is 5.11 Å². The Labute approximate surface area is 125 Å². The molecule has 1 N–H and O–H groups in total. The van der Waals surface area contributed by atoms with Crippen molar-refractivity contribution in [2.45, 2.75) is 10.1 Å². The third-order valence-corrected chi connectivity index (χ3v) is 4.09. The van der Waals surface area contributed by atoms with Gasteiger partial charge in [0.05, 0.1) is 9.40 Å². The monoisotopic (exact) mass is 355 g/mol. The summed E-state index contributed by atoms with van der Waals surface area (Å²) in [6.07, 6.45) is 1.53. The van der Waals surface area contributed by atoms with Crippen LogP contribution in [0.1, 0.15) is 10.5 Å². The number of carboxylic acids is 1. The molecule has 0 atom stereocenters. The highest BCUT2D eigenvalue weighted by Gasteiger charge is 2.20. The predicted molar refractivity (Wildman–Crippen MR) is 73.9 cm³/mol. The second-order valence-corrected chi connectivity index (χ2v) is 5.31. The van der Waals surface area contributed by atoms with E-state index >= 15 is 0 Å². The fraction of sp³-hybridized carbons (Fsp3) is 0. The van der Waals surface area contributed by atoms with E-state index in [1.54, 1.807) is 12.1 Å². The zero-order valence-electron chi connectivity index (χ0n) is 9.69. The van der Waals surface area contributed by atoms with Gasteiger partial charge in [0.1, 0.15) is 10.7 Å². The molecule has 0 aromatic carbocycles. The summed E-state index contributed by atoms with van der Waals surface area (Å²) in [6.45, 7) is 0. The van der Waals surface area contributed by atoms with Crippen LogP contribution in [0.3, 0.4) is 0 Å². The minimum absolute atomic E-state index is 0.0192. The number of hydrogen-bond donors (Lipinski definition) is 1. The van der Waals surface area contributed by atoms with E-state index in [-0.39, 0.29) is 16.4 Å². The molecule has 0 aliphatic heterocycles. The molecule has 0 saturated heterocycles. The molecule has 0 radical (unpaired) electrons. The summed E-state index contributed by atoms with van der Waals surface area (Å²) in [7, 11) is 0. The smallest absolute Gasteiger partial charge is 0.354 e. The lowest BCUT2D eigenvalue weighted by Gasteiger charge is -2.04. The average Bonchev–Trinajstić information content (AvgIpc) is 2.41. The largest absolute Gasteiger partial charge is 0.477 e. The van der Waals surface area contributed by atoms with E-state index in [1.807, 2.05) is 0 Å². The number of aromatic carboxylic acids is 1. The highest BCUT2D eigenvalue weighted by molar-refractivity contribution is 9.10. The molecule has 20 heavy (non-hydrogen) atoms. The molecule has 0 spiro atoms. The van der Waals surface area contributed by atoms with Crippen molar-refractivity contribution in [3.8, 4) is 0 Å². The van der Waals surface area contributed by atoms with Gasteiger partial charge in [0.15, 0.2) is 5.03 Å². The molecule has 2 rings (SSSR count). The minimum Gasteiger partial charge on any atom is -0.477 e. The summed E-state index contributed by atoms with van der Waals surface area (Å²) in [5.74, 6) is -1.25. The lowest BCUT2D eigenvalue weighted by Crippen LogP contribution is -2.03. The van der Waals surface area contributed by atoms with Crippen LogP contribution in [0.15, 0.2) is 45.0 Å². The van der Waals surface area contributed by atoms with Crippen molar-refractivity contribution in [3.63, 3.8) is 0 Å². The van der Waals surface area contributed by atoms with Crippen LogP contribution in [-0.2, 0) is 0 Å². The minimum atomic E-state index is -1.25. The Morgan fingerprint density at radius 2 is 2.10 bits per heavy atom. The van der Waals surface area contributed by atoms with Gasteiger partial charge in [-0.05, 0) is 45.9 Å². The lowest BCUT2D eigenvalue weighted by atomic mass is 10.3. The number of nitro groups is 1. The van der Waals surface area contributed by atoms with Crippen LogP contribution < -0.4 is 0 Å². The molecular formula is C11H6BrN3O4S. The Morgan fingerprint density at radius 3 is 2.70 bits per heavy atom. The number of rotatable bonds is 4. The van der Waals surface area contributed by atoms with Crippen LogP contribution in [0.4, 0.5) is 5.69 Å². The molecule has 0 bridgehead atoms. The van der Waals surface area contributed by atoms with Crippen molar-refractivity contribution < 1.29 is 14.8 Å². The normalized spacial score (nSPS) is 10.2. The first-order chi connectivity index (χ1) is 9.49. The summed E-state index contributed by atoms with van der Waals surface area (Å²) in [6, 6.07) is 5.64. The Bertz CT molecular complexity index is 695. The maximum atomic E-state index is 11.0. The maximum Gasteiger partial charge on any atom is 0.354 e. The van der Waals surface area contributed by atoms with Crippen molar-refractivity contribution in [2.75, 3.05) is 0 Å². The number of carboxylic acid groups (broad SMARTS) is 1. The Morgan fingerprint density at radius 1 is 1.35 bits per heavy atom. The summed E-state index contributed by atoms with van der Waals surface area (Å²) in [4.78, 5) is 29.1. The van der Waals surface area contributed by atoms with Crippen molar-refractivity contribution in [2.24, 2.45) is 0 Å². The van der Waals surface area contributed by atoms with Gasteiger partial charge in [-0.2, -0.15) is 0 Å². The molecule has 2 heterocycles. The van der Waals surface area contributed by atoms with Crippen LogP contribution in [0.2, 0.25) is 0 Å². The highest BCUT2D eigenvalue weighted by Crippen LogP contribution is 2.35. The van der Waals surface area contributed by atoms with Gasteiger partial charge in [0.2, 0.25) is 0 Å². The van der Waals surface area contributed by atoms with Gasteiger partial charge in [-0.3, -0.25) is 10.1 Å². The number of aromatic nitrogens is 2. The zero-order chi connectivity index (χ0) is 14.7. The average molecular weight is 356 g/mol. The second kappa shape index (κ2) is 5.97. The molecule has 0 aliphatic carbocycles. The van der Waals surface area contributed by atoms with E-state index in [2.05, 4.69) is 25.9 Å². The molecule has 2 aromatic heterocycles. The molecule has 0 unspecified atom stereocenters. The Balaban J connectivity index is 2.48. The molecule has 0 saturated carbocycles. The van der Waals surface area contributed by atoms with Crippen molar-refractivity contribution >= 4 is 39.3 Å². The van der Waals surface area contributed by atoms with Gasteiger partial charge in [-0.25, -0.2) is 14.8 Å². The zero-order valence-corrected chi connectivity index (χ0v) is 12.1. The van der Waals surface area contributed by atoms with Crippen LogP contribution >= 0.6 is 27.7 Å². The van der Waals surface area contributed by atoms with Crippen LogP contribution in [-0.4, -0.2) is 26.0 Å². The topological polar surface area (TPSA) is 106 Å². The summed E-state index contributed by atoms with van der Waals surface area (Å²) >= 11 is 4.19. The number of pyridine rings is 2. The summed E-state index contributed by atoms with van der Waals surface area (Å²) in [5, 5.41) is 20.3. The van der Waals surface area contributed by atoms with Gasteiger partial charge in [-0.15, -0.1) is 0 Å². The summed E-state index contributed by atoms with van der Waals surface area (Å²) in [5.41, 5.74) is -0.525. The fourth-order valence-corrected chi connectivity index (χ4v) is 2.66. The van der Waals surface area contributed by atoms with Crippen molar-refractivity contribution in [1.29, 1.82) is 0 Å². The van der Waals surface area contributed by atoms with Gasteiger partial charge in [0, 0.05) is 12.3 Å². The van der Waals surface area contributed by atoms with E-state index in [0.29, 0.717) is 9.50 Å². The van der Waals surface area contributed by atoms with E-state index in [9.17, 15) is 14.9 Å². The molecule has 0 aliphatic rings. The van der Waals surface area contributed by atoms with Crippen LogP contribution in [0, 0.1) is 10.1 Å². The molecule has 7 nitrogen and oxygen atoms in total. The third kappa shape index (κ3) is 3.11. The van der Waals surface area contributed by atoms with Crippen LogP contribution in [0.25, 0.3) is 0 Å². The lowest BCUT2D eigenvalue weighted by molar-refractivity contribution is -0.388. The number of nitrogens with zero attached hydrogens (tertiary/aromatic N) is 3. The standard InChI is InChI=1S/C11H6BrN3O4S/c12-6-2-1-5-13-9(6)20-10-8(15(18)19)4-3-7(14-10)11(16)17/h1-5H,(H,16,17). The number of hydrogen-bond acceptors (Lipinski definition) is 6.